The summed E-state index contributed by atoms with van der Waals surface area (Å²) in [6, 6.07) is 11.0. The van der Waals surface area contributed by atoms with Gasteiger partial charge in [0.05, 0.1) is 7.11 Å². The van der Waals surface area contributed by atoms with Crippen molar-refractivity contribution in [2.75, 3.05) is 13.7 Å². The number of nitrogens with one attached hydrogen (secondary N) is 1. The molecule has 0 fully saturated rings. The Hall–Kier alpha value is -1.87. The Kier molecular flexibility index (Phi) is 5.34. The van der Waals surface area contributed by atoms with Crippen LogP contribution >= 0.6 is 0 Å². The van der Waals surface area contributed by atoms with E-state index in [9.17, 15) is 0 Å². The van der Waals surface area contributed by atoms with E-state index < -0.39 is 0 Å². The van der Waals surface area contributed by atoms with Crippen LogP contribution in [0.3, 0.4) is 0 Å². The van der Waals surface area contributed by atoms with E-state index in [1.807, 2.05) is 12.3 Å². The third-order valence-electron chi connectivity index (χ3n) is 3.70. The van der Waals surface area contributed by atoms with Crippen molar-refractivity contribution < 1.29 is 4.74 Å². The number of aromatic nitrogens is 1. The molecule has 0 aliphatic heterocycles. The van der Waals surface area contributed by atoms with E-state index >= 15 is 0 Å². The number of benzene rings is 1. The number of nitrogens with zero attached hydrogens (tertiary/aromatic N) is 1. The molecule has 1 aromatic carbocycles. The molecule has 0 saturated heterocycles. The molecule has 0 amide bonds. The Bertz CT molecular complexity index is 578. The smallest absolute Gasteiger partial charge is 0.212 e. The highest BCUT2D eigenvalue weighted by Gasteiger charge is 2.14. The largest absolute Gasteiger partial charge is 0.481 e. The number of rotatable bonds is 6. The highest BCUT2D eigenvalue weighted by Crippen LogP contribution is 2.23. The zero-order chi connectivity index (χ0) is 15.2. The van der Waals surface area contributed by atoms with Gasteiger partial charge in [0.2, 0.25) is 5.88 Å². The Balaban J connectivity index is 2.21. The average molecular weight is 284 g/mol. The molecule has 1 atom stereocenters. The minimum Gasteiger partial charge on any atom is -0.481 e. The standard InChI is InChI=1S/C18H24N2O/c1-5-19-17(16-8-6-13(2)10-14(16)3)11-15-7-9-18(21-4)20-12-15/h6-10,12,17,19H,5,11H2,1-4H3. The van der Waals surface area contributed by atoms with Crippen LogP contribution in [0, 0.1) is 13.8 Å². The molecule has 0 spiro atoms. The molecule has 0 bridgehead atoms. The normalized spacial score (nSPS) is 12.2. The van der Waals surface area contributed by atoms with E-state index in [-0.39, 0.29) is 0 Å². The van der Waals surface area contributed by atoms with Crippen LogP contribution in [-0.2, 0) is 6.42 Å². The zero-order valence-electron chi connectivity index (χ0n) is 13.3. The fraction of sp³-hybridized carbons (Fsp3) is 0.389. The second-order valence-electron chi connectivity index (χ2n) is 5.38. The predicted molar refractivity (Wildman–Crippen MR) is 86.8 cm³/mol. The maximum Gasteiger partial charge on any atom is 0.212 e. The lowest BCUT2D eigenvalue weighted by molar-refractivity contribution is 0.397. The van der Waals surface area contributed by atoms with Crippen molar-refractivity contribution in [3.63, 3.8) is 0 Å². The molecule has 0 radical (unpaired) electrons. The topological polar surface area (TPSA) is 34.1 Å². The molecule has 3 nitrogen and oxygen atoms in total. The van der Waals surface area contributed by atoms with Crippen LogP contribution in [0.5, 0.6) is 5.88 Å². The summed E-state index contributed by atoms with van der Waals surface area (Å²) in [4.78, 5) is 4.29. The Morgan fingerprint density at radius 2 is 2.00 bits per heavy atom. The fourth-order valence-electron chi connectivity index (χ4n) is 2.64. The number of methoxy groups -OCH3 is 1. The first-order valence-corrected chi connectivity index (χ1v) is 7.43. The molecule has 1 aromatic heterocycles. The number of hydrogen-bond acceptors (Lipinski definition) is 3. The van der Waals surface area contributed by atoms with Crippen molar-refractivity contribution in [3.05, 3.63) is 58.8 Å². The van der Waals surface area contributed by atoms with Gasteiger partial charge in [-0.3, -0.25) is 0 Å². The van der Waals surface area contributed by atoms with Gasteiger partial charge in [0.15, 0.2) is 0 Å². The molecular weight excluding hydrogens is 260 g/mol. The van der Waals surface area contributed by atoms with Gasteiger partial charge in [-0.1, -0.05) is 36.8 Å². The summed E-state index contributed by atoms with van der Waals surface area (Å²) in [6.45, 7) is 7.40. The molecule has 0 aliphatic rings. The highest BCUT2D eigenvalue weighted by molar-refractivity contribution is 5.34. The number of hydrogen-bond donors (Lipinski definition) is 1. The number of aryl methyl sites for hydroxylation is 2. The molecule has 0 saturated carbocycles. The molecule has 0 aliphatic carbocycles. The quantitative estimate of drug-likeness (QED) is 0.880. The van der Waals surface area contributed by atoms with Gasteiger partial charge in [-0.15, -0.1) is 0 Å². The lowest BCUT2D eigenvalue weighted by Gasteiger charge is -2.21. The second-order valence-corrected chi connectivity index (χ2v) is 5.38. The Labute approximate surface area is 127 Å². The van der Waals surface area contributed by atoms with E-state index in [2.05, 4.69) is 55.3 Å². The van der Waals surface area contributed by atoms with Crippen molar-refractivity contribution in [1.29, 1.82) is 0 Å². The van der Waals surface area contributed by atoms with Crippen molar-refractivity contribution in [3.8, 4) is 5.88 Å². The molecule has 112 valence electrons. The summed E-state index contributed by atoms with van der Waals surface area (Å²) in [6.07, 6.45) is 2.82. The monoisotopic (exact) mass is 284 g/mol. The number of ether oxygens (including phenoxy) is 1. The second kappa shape index (κ2) is 7.23. The maximum absolute atomic E-state index is 5.11. The van der Waals surface area contributed by atoms with Gasteiger partial charge in [-0.2, -0.15) is 0 Å². The number of likely N-dealkylation sites (N-methyl/N-ethyl adjacent to an activating group) is 1. The first-order valence-electron chi connectivity index (χ1n) is 7.43. The van der Waals surface area contributed by atoms with Gasteiger partial charge < -0.3 is 10.1 Å². The van der Waals surface area contributed by atoms with Gasteiger partial charge in [-0.05, 0) is 43.5 Å². The van der Waals surface area contributed by atoms with Gasteiger partial charge in [-0.25, -0.2) is 4.98 Å². The molecule has 2 aromatic rings. The first kappa shape index (κ1) is 15.5. The lowest BCUT2D eigenvalue weighted by atomic mass is 9.94. The lowest BCUT2D eigenvalue weighted by Crippen LogP contribution is -2.23. The summed E-state index contributed by atoms with van der Waals surface area (Å²) in [5.74, 6) is 0.658. The molecule has 2 rings (SSSR count). The molecule has 3 heteroatoms. The van der Waals surface area contributed by atoms with Crippen LogP contribution in [-0.4, -0.2) is 18.6 Å². The molecule has 1 N–H and O–H groups in total. The number of pyridine rings is 1. The maximum atomic E-state index is 5.11. The molecule has 1 unspecified atom stereocenters. The summed E-state index contributed by atoms with van der Waals surface area (Å²) in [5.41, 5.74) is 5.21. The molecular formula is C18H24N2O. The van der Waals surface area contributed by atoms with Crippen LogP contribution in [0.15, 0.2) is 36.5 Å². The van der Waals surface area contributed by atoms with Crippen LogP contribution in [0.25, 0.3) is 0 Å². The van der Waals surface area contributed by atoms with Crippen molar-refractivity contribution in [2.45, 2.75) is 33.2 Å². The molecule has 1 heterocycles. The van der Waals surface area contributed by atoms with E-state index in [0.29, 0.717) is 11.9 Å². The van der Waals surface area contributed by atoms with Gasteiger partial charge in [0.25, 0.3) is 0 Å². The highest BCUT2D eigenvalue weighted by atomic mass is 16.5. The van der Waals surface area contributed by atoms with Crippen LogP contribution in [0.2, 0.25) is 0 Å². The van der Waals surface area contributed by atoms with E-state index in [1.165, 1.54) is 22.3 Å². The SMILES string of the molecule is CCNC(Cc1ccc(OC)nc1)c1ccc(C)cc1C. The van der Waals surface area contributed by atoms with Crippen molar-refractivity contribution >= 4 is 0 Å². The summed E-state index contributed by atoms with van der Waals surface area (Å²) >= 11 is 0. The summed E-state index contributed by atoms with van der Waals surface area (Å²) in [5, 5.41) is 3.58. The third kappa shape index (κ3) is 4.05. The minimum absolute atomic E-state index is 0.311. The predicted octanol–water partition coefficient (Wildman–Crippen LogP) is 3.60. The Morgan fingerprint density at radius 1 is 1.19 bits per heavy atom. The van der Waals surface area contributed by atoms with Gasteiger partial charge >= 0.3 is 0 Å². The summed E-state index contributed by atoms with van der Waals surface area (Å²) in [7, 11) is 1.64. The Morgan fingerprint density at radius 3 is 2.57 bits per heavy atom. The van der Waals surface area contributed by atoms with Crippen LogP contribution in [0.4, 0.5) is 0 Å². The fourth-order valence-corrected chi connectivity index (χ4v) is 2.64. The van der Waals surface area contributed by atoms with Crippen LogP contribution < -0.4 is 10.1 Å². The molecule has 21 heavy (non-hydrogen) atoms. The van der Waals surface area contributed by atoms with Crippen molar-refractivity contribution in [2.24, 2.45) is 0 Å². The first-order chi connectivity index (χ1) is 10.1. The van der Waals surface area contributed by atoms with E-state index in [0.717, 1.165) is 13.0 Å². The zero-order valence-corrected chi connectivity index (χ0v) is 13.3. The van der Waals surface area contributed by atoms with Gasteiger partial charge in [0.1, 0.15) is 0 Å². The van der Waals surface area contributed by atoms with Crippen molar-refractivity contribution in [1.82, 2.24) is 10.3 Å². The van der Waals surface area contributed by atoms with Crippen LogP contribution in [0.1, 0.15) is 35.2 Å². The van der Waals surface area contributed by atoms with Gasteiger partial charge in [0, 0.05) is 18.3 Å². The van der Waals surface area contributed by atoms with E-state index in [4.69, 9.17) is 4.74 Å². The summed E-state index contributed by atoms with van der Waals surface area (Å²) < 4.78 is 5.11. The van der Waals surface area contributed by atoms with E-state index in [1.54, 1.807) is 7.11 Å². The minimum atomic E-state index is 0.311. The third-order valence-corrected chi connectivity index (χ3v) is 3.70. The average Bonchev–Trinajstić information content (AvgIpc) is 2.48.